The summed E-state index contributed by atoms with van der Waals surface area (Å²) in [6, 6.07) is 5.84. The quantitative estimate of drug-likeness (QED) is 0.748. The number of nitrogens with zero attached hydrogens (tertiary/aromatic N) is 3. The Morgan fingerprint density at radius 2 is 2.12 bits per heavy atom. The van der Waals surface area contributed by atoms with Crippen LogP contribution >= 0.6 is 11.3 Å². The summed E-state index contributed by atoms with van der Waals surface area (Å²) in [4.78, 5) is 21.9. The molecule has 0 aliphatic rings. The number of nitrogens with two attached hydrogens (primary N) is 1. The van der Waals surface area contributed by atoms with Gasteiger partial charge in [-0.15, -0.1) is 11.3 Å². The van der Waals surface area contributed by atoms with Crippen molar-refractivity contribution in [2.45, 2.75) is 39.0 Å². The zero-order chi connectivity index (χ0) is 18.2. The predicted molar refractivity (Wildman–Crippen MR) is 103 cm³/mol. The summed E-state index contributed by atoms with van der Waals surface area (Å²) in [7, 11) is 2.02. The number of imidazole rings is 1. The monoisotopic (exact) mass is 357 g/mol. The number of nitrogens with one attached hydrogen (secondary N) is 1. The van der Waals surface area contributed by atoms with Crippen LogP contribution in [-0.2, 0) is 23.7 Å². The van der Waals surface area contributed by atoms with Crippen LogP contribution in [0.3, 0.4) is 0 Å². The van der Waals surface area contributed by atoms with E-state index in [9.17, 15) is 4.79 Å². The summed E-state index contributed by atoms with van der Waals surface area (Å²) in [5.41, 5.74) is 8.28. The Labute approximate surface area is 151 Å². The topological polar surface area (TPSA) is 85.8 Å². The first-order valence-electron chi connectivity index (χ1n) is 8.21. The number of carbonyl (C=O) groups excluding carboxylic acids is 1. The fourth-order valence-corrected chi connectivity index (χ4v) is 3.53. The van der Waals surface area contributed by atoms with Crippen molar-refractivity contribution >= 4 is 39.1 Å². The Bertz CT molecular complexity index is 919. The summed E-state index contributed by atoms with van der Waals surface area (Å²) in [6.45, 7) is 6.43. The van der Waals surface area contributed by atoms with E-state index in [-0.39, 0.29) is 11.3 Å². The summed E-state index contributed by atoms with van der Waals surface area (Å²) in [5.74, 6) is 0.993. The molecule has 0 atom stereocenters. The summed E-state index contributed by atoms with van der Waals surface area (Å²) < 4.78 is 2.11. The standard InChI is InChI=1S/C18H23N5OS/c1-18(2,3)16-22-13-9-11(5-7-14(13)23(16)4)21-15(24)8-6-12-10-20-17(19)25-12/h5,7,9-10H,6,8H2,1-4H3,(H2,19,20)(H,21,24). The van der Waals surface area contributed by atoms with Crippen molar-refractivity contribution in [1.82, 2.24) is 14.5 Å². The summed E-state index contributed by atoms with van der Waals surface area (Å²) in [5, 5.41) is 3.48. The van der Waals surface area contributed by atoms with Gasteiger partial charge in [-0.1, -0.05) is 20.8 Å². The number of rotatable bonds is 4. The molecule has 0 unspecified atom stereocenters. The number of nitrogen functional groups attached to an aromatic ring is 1. The van der Waals surface area contributed by atoms with Gasteiger partial charge in [0, 0.05) is 35.6 Å². The third-order valence-corrected chi connectivity index (χ3v) is 4.89. The van der Waals surface area contributed by atoms with Crippen molar-refractivity contribution < 1.29 is 4.79 Å². The van der Waals surface area contributed by atoms with Gasteiger partial charge in [-0.25, -0.2) is 9.97 Å². The number of carbonyl (C=O) groups is 1. The number of anilines is 2. The van der Waals surface area contributed by atoms with E-state index in [1.807, 2.05) is 25.2 Å². The fraction of sp³-hybridized carbons (Fsp3) is 0.389. The van der Waals surface area contributed by atoms with E-state index in [1.54, 1.807) is 6.20 Å². The van der Waals surface area contributed by atoms with Crippen LogP contribution in [0.15, 0.2) is 24.4 Å². The third kappa shape index (κ3) is 3.82. The highest BCUT2D eigenvalue weighted by atomic mass is 32.1. The van der Waals surface area contributed by atoms with Gasteiger partial charge in [0.25, 0.3) is 0 Å². The summed E-state index contributed by atoms with van der Waals surface area (Å²) in [6.07, 6.45) is 2.76. The summed E-state index contributed by atoms with van der Waals surface area (Å²) >= 11 is 1.42. The number of aryl methyl sites for hydroxylation is 2. The number of thiazole rings is 1. The van der Waals surface area contributed by atoms with Gasteiger partial charge in [0.15, 0.2) is 5.13 Å². The second kappa shape index (κ2) is 6.48. The zero-order valence-electron chi connectivity index (χ0n) is 15.0. The highest BCUT2D eigenvalue weighted by Crippen LogP contribution is 2.27. The van der Waals surface area contributed by atoms with Gasteiger partial charge in [-0.3, -0.25) is 4.79 Å². The molecule has 2 aromatic heterocycles. The van der Waals surface area contributed by atoms with Crippen LogP contribution in [0.2, 0.25) is 0 Å². The van der Waals surface area contributed by atoms with E-state index in [1.165, 1.54) is 11.3 Å². The zero-order valence-corrected chi connectivity index (χ0v) is 15.8. The van der Waals surface area contributed by atoms with Crippen LogP contribution in [0.4, 0.5) is 10.8 Å². The second-order valence-corrected chi connectivity index (χ2v) is 8.31. The largest absolute Gasteiger partial charge is 0.375 e. The minimum Gasteiger partial charge on any atom is -0.375 e. The van der Waals surface area contributed by atoms with Crippen LogP contribution in [0.25, 0.3) is 11.0 Å². The van der Waals surface area contributed by atoms with Crippen molar-refractivity contribution in [2.24, 2.45) is 7.05 Å². The van der Waals surface area contributed by atoms with Crippen molar-refractivity contribution in [3.05, 3.63) is 35.1 Å². The van der Waals surface area contributed by atoms with E-state index in [4.69, 9.17) is 10.7 Å². The van der Waals surface area contributed by atoms with Gasteiger partial charge in [-0.05, 0) is 24.6 Å². The average molecular weight is 357 g/mol. The van der Waals surface area contributed by atoms with Gasteiger partial charge in [0.2, 0.25) is 5.91 Å². The molecule has 0 spiro atoms. The number of amides is 1. The van der Waals surface area contributed by atoms with Crippen molar-refractivity contribution in [1.29, 1.82) is 0 Å². The highest BCUT2D eigenvalue weighted by Gasteiger charge is 2.21. The average Bonchev–Trinajstić information content (AvgIpc) is 3.08. The lowest BCUT2D eigenvalue weighted by Gasteiger charge is -2.17. The van der Waals surface area contributed by atoms with Gasteiger partial charge in [0.05, 0.1) is 11.0 Å². The van der Waals surface area contributed by atoms with E-state index in [0.717, 1.165) is 27.4 Å². The number of hydrogen-bond donors (Lipinski definition) is 2. The molecule has 1 aromatic carbocycles. The maximum absolute atomic E-state index is 12.2. The lowest BCUT2D eigenvalue weighted by Crippen LogP contribution is -2.17. The lowest BCUT2D eigenvalue weighted by atomic mass is 9.96. The Balaban J connectivity index is 1.72. The van der Waals surface area contributed by atoms with Gasteiger partial charge in [-0.2, -0.15) is 0 Å². The van der Waals surface area contributed by atoms with E-state index in [0.29, 0.717) is 18.0 Å². The molecule has 132 valence electrons. The van der Waals surface area contributed by atoms with Crippen LogP contribution in [0.1, 0.15) is 37.9 Å². The molecule has 0 radical (unpaired) electrons. The van der Waals surface area contributed by atoms with Gasteiger partial charge in [0.1, 0.15) is 5.82 Å². The molecular formula is C18H23N5OS. The maximum atomic E-state index is 12.2. The smallest absolute Gasteiger partial charge is 0.224 e. The Morgan fingerprint density at radius 1 is 1.36 bits per heavy atom. The molecule has 3 N–H and O–H groups in total. The molecule has 1 amide bonds. The maximum Gasteiger partial charge on any atom is 0.224 e. The minimum atomic E-state index is -0.0340. The van der Waals surface area contributed by atoms with Crippen LogP contribution < -0.4 is 11.1 Å². The fourth-order valence-electron chi connectivity index (χ4n) is 2.85. The molecule has 0 aliphatic carbocycles. The number of benzene rings is 1. The molecule has 25 heavy (non-hydrogen) atoms. The van der Waals surface area contributed by atoms with E-state index < -0.39 is 0 Å². The molecule has 0 saturated carbocycles. The van der Waals surface area contributed by atoms with Crippen LogP contribution in [0, 0.1) is 0 Å². The first-order chi connectivity index (χ1) is 11.7. The number of fused-ring (bicyclic) bond motifs is 1. The Morgan fingerprint density at radius 3 is 2.76 bits per heavy atom. The molecular weight excluding hydrogens is 334 g/mol. The van der Waals surface area contributed by atoms with Crippen LogP contribution in [0.5, 0.6) is 0 Å². The third-order valence-electron chi connectivity index (χ3n) is 4.01. The molecule has 6 nitrogen and oxygen atoms in total. The van der Waals surface area contributed by atoms with E-state index in [2.05, 4.69) is 35.6 Å². The normalized spacial score (nSPS) is 11.8. The molecule has 7 heteroatoms. The molecule has 0 aliphatic heterocycles. The van der Waals surface area contributed by atoms with Crippen LogP contribution in [-0.4, -0.2) is 20.4 Å². The minimum absolute atomic E-state index is 0.0294. The molecule has 0 saturated heterocycles. The molecule has 0 bridgehead atoms. The molecule has 0 fully saturated rings. The molecule has 2 heterocycles. The molecule has 3 rings (SSSR count). The molecule has 3 aromatic rings. The van der Waals surface area contributed by atoms with E-state index >= 15 is 0 Å². The second-order valence-electron chi connectivity index (χ2n) is 7.16. The first-order valence-corrected chi connectivity index (χ1v) is 9.02. The lowest BCUT2D eigenvalue weighted by molar-refractivity contribution is -0.116. The number of hydrogen-bond acceptors (Lipinski definition) is 5. The highest BCUT2D eigenvalue weighted by molar-refractivity contribution is 7.15. The van der Waals surface area contributed by atoms with Crippen molar-refractivity contribution in [3.8, 4) is 0 Å². The Kier molecular flexibility index (Phi) is 4.51. The SMILES string of the molecule is Cn1c(C(C)(C)C)nc2cc(NC(=O)CCc3cnc(N)s3)ccc21. The Hall–Kier alpha value is -2.41. The first kappa shape index (κ1) is 17.4. The van der Waals surface area contributed by atoms with Gasteiger partial charge >= 0.3 is 0 Å². The van der Waals surface area contributed by atoms with Crippen molar-refractivity contribution in [2.75, 3.05) is 11.1 Å². The van der Waals surface area contributed by atoms with Gasteiger partial charge < -0.3 is 15.6 Å². The van der Waals surface area contributed by atoms with Crippen molar-refractivity contribution in [3.63, 3.8) is 0 Å². The number of aromatic nitrogens is 3. The predicted octanol–water partition coefficient (Wildman–Crippen LogP) is 3.48.